The minimum atomic E-state index is 0.0704. The number of benzene rings is 1. The third-order valence-electron chi connectivity index (χ3n) is 4.40. The van der Waals surface area contributed by atoms with Crippen molar-refractivity contribution in [1.82, 2.24) is 4.90 Å². The molecule has 0 radical (unpaired) electrons. The Kier molecular flexibility index (Phi) is 5.57. The molecule has 0 amide bonds. The minimum absolute atomic E-state index is 0.0704. The molecule has 0 spiro atoms. The first kappa shape index (κ1) is 16.2. The van der Waals surface area contributed by atoms with Crippen LogP contribution in [0.4, 0.5) is 0 Å². The maximum Gasteiger partial charge on any atom is 0.0452 e. The van der Waals surface area contributed by atoms with E-state index in [1.54, 1.807) is 0 Å². The second-order valence-electron chi connectivity index (χ2n) is 6.62. The number of rotatable bonds is 5. The maximum absolute atomic E-state index is 6.49. The van der Waals surface area contributed by atoms with Crippen LogP contribution in [0.1, 0.15) is 52.6 Å². The molecular formula is C17H30N2. The van der Waals surface area contributed by atoms with Crippen LogP contribution >= 0.6 is 0 Å². The summed E-state index contributed by atoms with van der Waals surface area (Å²) in [6.07, 6.45) is 1.06. The Morgan fingerprint density at radius 2 is 1.68 bits per heavy atom. The van der Waals surface area contributed by atoms with E-state index in [1.807, 2.05) is 6.07 Å². The highest BCUT2D eigenvalue weighted by Crippen LogP contribution is 2.29. The van der Waals surface area contributed by atoms with E-state index in [1.165, 1.54) is 5.56 Å². The summed E-state index contributed by atoms with van der Waals surface area (Å²) in [6, 6.07) is 11.4. The van der Waals surface area contributed by atoms with Crippen LogP contribution in [0.3, 0.4) is 0 Å². The standard InChI is InChI=1S/C17H30N2/c1-7-15(19(6)13(2)17(3,4)5)16(18)14-11-9-8-10-12-14/h8-13,15-16H,7,18H2,1-6H3. The van der Waals surface area contributed by atoms with E-state index in [0.29, 0.717) is 12.1 Å². The molecule has 0 aromatic heterocycles. The van der Waals surface area contributed by atoms with Crippen molar-refractivity contribution >= 4 is 0 Å². The fraction of sp³-hybridized carbons (Fsp3) is 0.647. The molecule has 108 valence electrons. The number of nitrogens with two attached hydrogens (primary N) is 1. The Morgan fingerprint density at radius 3 is 2.11 bits per heavy atom. The first-order valence-electron chi connectivity index (χ1n) is 7.31. The van der Waals surface area contributed by atoms with Gasteiger partial charge < -0.3 is 5.73 Å². The van der Waals surface area contributed by atoms with Crippen LogP contribution in [-0.4, -0.2) is 24.0 Å². The molecule has 2 nitrogen and oxygen atoms in total. The van der Waals surface area contributed by atoms with Gasteiger partial charge in [-0.05, 0) is 31.4 Å². The van der Waals surface area contributed by atoms with Crippen LogP contribution < -0.4 is 5.73 Å². The van der Waals surface area contributed by atoms with Gasteiger partial charge in [-0.25, -0.2) is 0 Å². The van der Waals surface area contributed by atoms with Gasteiger partial charge in [0.1, 0.15) is 0 Å². The van der Waals surface area contributed by atoms with Gasteiger partial charge in [-0.2, -0.15) is 0 Å². The molecule has 19 heavy (non-hydrogen) atoms. The van der Waals surface area contributed by atoms with Gasteiger partial charge >= 0.3 is 0 Å². The fourth-order valence-corrected chi connectivity index (χ4v) is 2.59. The summed E-state index contributed by atoms with van der Waals surface area (Å²) in [6.45, 7) is 11.4. The Labute approximate surface area is 119 Å². The predicted molar refractivity (Wildman–Crippen MR) is 84.1 cm³/mol. The maximum atomic E-state index is 6.49. The van der Waals surface area contributed by atoms with E-state index in [-0.39, 0.29) is 11.5 Å². The summed E-state index contributed by atoms with van der Waals surface area (Å²) in [7, 11) is 2.20. The van der Waals surface area contributed by atoms with E-state index in [9.17, 15) is 0 Å². The van der Waals surface area contributed by atoms with Gasteiger partial charge in [-0.3, -0.25) is 4.90 Å². The predicted octanol–water partition coefficient (Wildman–Crippen LogP) is 3.83. The van der Waals surface area contributed by atoms with Crippen molar-refractivity contribution in [2.75, 3.05) is 7.05 Å². The Bertz CT molecular complexity index is 367. The van der Waals surface area contributed by atoms with Crippen molar-refractivity contribution in [2.45, 2.75) is 59.2 Å². The smallest absolute Gasteiger partial charge is 0.0452 e. The summed E-state index contributed by atoms with van der Waals surface area (Å²) >= 11 is 0. The van der Waals surface area contributed by atoms with Gasteiger partial charge in [0.25, 0.3) is 0 Å². The van der Waals surface area contributed by atoms with E-state index >= 15 is 0 Å². The van der Waals surface area contributed by atoms with Gasteiger partial charge in [-0.1, -0.05) is 58.0 Å². The first-order chi connectivity index (χ1) is 8.79. The van der Waals surface area contributed by atoms with Gasteiger partial charge in [0.05, 0.1) is 0 Å². The molecule has 1 aromatic carbocycles. The lowest BCUT2D eigenvalue weighted by molar-refractivity contribution is 0.0819. The summed E-state index contributed by atoms with van der Waals surface area (Å²) < 4.78 is 0. The highest BCUT2D eigenvalue weighted by atomic mass is 15.2. The van der Waals surface area contributed by atoms with Crippen molar-refractivity contribution in [1.29, 1.82) is 0 Å². The largest absolute Gasteiger partial charge is 0.323 e. The zero-order chi connectivity index (χ0) is 14.6. The van der Waals surface area contributed by atoms with Crippen LogP contribution in [0.25, 0.3) is 0 Å². The van der Waals surface area contributed by atoms with E-state index in [4.69, 9.17) is 5.73 Å². The van der Waals surface area contributed by atoms with E-state index in [0.717, 1.165) is 6.42 Å². The number of hydrogen-bond acceptors (Lipinski definition) is 2. The molecule has 0 fully saturated rings. The molecule has 0 heterocycles. The SMILES string of the molecule is CCC(C(N)c1ccccc1)N(C)C(C)C(C)(C)C. The quantitative estimate of drug-likeness (QED) is 0.874. The summed E-state index contributed by atoms with van der Waals surface area (Å²) in [4.78, 5) is 2.44. The average Bonchev–Trinajstić information content (AvgIpc) is 2.38. The van der Waals surface area contributed by atoms with Gasteiger partial charge in [0.15, 0.2) is 0 Å². The number of nitrogens with zero attached hydrogens (tertiary/aromatic N) is 1. The number of hydrogen-bond donors (Lipinski definition) is 1. The first-order valence-corrected chi connectivity index (χ1v) is 7.31. The fourth-order valence-electron chi connectivity index (χ4n) is 2.59. The van der Waals surface area contributed by atoms with Crippen LogP contribution in [0.2, 0.25) is 0 Å². The molecule has 0 aliphatic rings. The Hall–Kier alpha value is -0.860. The second kappa shape index (κ2) is 6.53. The topological polar surface area (TPSA) is 29.3 Å². The normalized spacial score (nSPS) is 17.3. The van der Waals surface area contributed by atoms with Crippen LogP contribution in [0.15, 0.2) is 30.3 Å². The lowest BCUT2D eigenvalue weighted by Crippen LogP contribution is -2.49. The minimum Gasteiger partial charge on any atom is -0.323 e. The number of likely N-dealkylation sites (N-methyl/N-ethyl adjacent to an activating group) is 1. The summed E-state index contributed by atoms with van der Waals surface area (Å²) in [5, 5.41) is 0. The molecule has 0 saturated heterocycles. The molecular weight excluding hydrogens is 232 g/mol. The molecule has 0 aliphatic carbocycles. The summed E-state index contributed by atoms with van der Waals surface area (Å²) in [5.74, 6) is 0. The van der Waals surface area contributed by atoms with Crippen molar-refractivity contribution in [3.63, 3.8) is 0 Å². The van der Waals surface area contributed by atoms with Crippen molar-refractivity contribution in [2.24, 2.45) is 11.1 Å². The molecule has 0 saturated carbocycles. The molecule has 2 N–H and O–H groups in total. The molecule has 2 heteroatoms. The van der Waals surface area contributed by atoms with Crippen molar-refractivity contribution in [3.05, 3.63) is 35.9 Å². The molecule has 1 rings (SSSR count). The third kappa shape index (κ3) is 4.05. The Morgan fingerprint density at radius 1 is 1.16 bits per heavy atom. The van der Waals surface area contributed by atoms with Crippen LogP contribution in [-0.2, 0) is 0 Å². The monoisotopic (exact) mass is 262 g/mol. The third-order valence-corrected chi connectivity index (χ3v) is 4.40. The van der Waals surface area contributed by atoms with Gasteiger partial charge in [0.2, 0.25) is 0 Å². The average molecular weight is 262 g/mol. The van der Waals surface area contributed by atoms with Crippen LogP contribution in [0, 0.1) is 5.41 Å². The van der Waals surface area contributed by atoms with E-state index in [2.05, 4.69) is 70.8 Å². The van der Waals surface area contributed by atoms with E-state index < -0.39 is 0 Å². The zero-order valence-electron chi connectivity index (χ0n) is 13.4. The molecule has 3 atom stereocenters. The molecule has 0 aliphatic heterocycles. The van der Waals surface area contributed by atoms with Crippen molar-refractivity contribution in [3.8, 4) is 0 Å². The van der Waals surface area contributed by atoms with Crippen LogP contribution in [0.5, 0.6) is 0 Å². The molecule has 0 bridgehead atoms. The van der Waals surface area contributed by atoms with Crippen molar-refractivity contribution < 1.29 is 0 Å². The highest BCUT2D eigenvalue weighted by Gasteiger charge is 2.31. The Balaban J connectivity index is 2.89. The zero-order valence-corrected chi connectivity index (χ0v) is 13.4. The lowest BCUT2D eigenvalue weighted by atomic mass is 9.85. The summed E-state index contributed by atoms with van der Waals surface area (Å²) in [5.41, 5.74) is 7.98. The lowest BCUT2D eigenvalue weighted by Gasteiger charge is -2.42. The molecule has 3 unspecified atom stereocenters. The second-order valence-corrected chi connectivity index (χ2v) is 6.62. The highest BCUT2D eigenvalue weighted by molar-refractivity contribution is 5.20. The molecule has 1 aromatic rings. The van der Waals surface area contributed by atoms with Gasteiger partial charge in [-0.15, -0.1) is 0 Å². The van der Waals surface area contributed by atoms with Gasteiger partial charge in [0, 0.05) is 18.1 Å².